The number of fused-ring (bicyclic) bond motifs is 1. The van der Waals surface area contributed by atoms with Crippen LogP contribution in [-0.2, 0) is 0 Å². The van der Waals surface area contributed by atoms with E-state index < -0.39 is 0 Å². The van der Waals surface area contributed by atoms with Crippen molar-refractivity contribution >= 4 is 12.0 Å². The predicted octanol–water partition coefficient (Wildman–Crippen LogP) is 0.641. The SMILES string of the molecule is O=C1C=C[n+]2ccccc21. The van der Waals surface area contributed by atoms with Gasteiger partial charge >= 0.3 is 0 Å². The van der Waals surface area contributed by atoms with Gasteiger partial charge in [-0.1, -0.05) is 0 Å². The summed E-state index contributed by atoms with van der Waals surface area (Å²) in [6, 6.07) is 5.56. The molecule has 0 bridgehead atoms. The summed E-state index contributed by atoms with van der Waals surface area (Å²) in [5, 5.41) is 0. The molecule has 0 radical (unpaired) electrons. The van der Waals surface area contributed by atoms with E-state index in [0.717, 1.165) is 5.69 Å². The number of pyridine rings is 1. The smallest absolute Gasteiger partial charge is 0.258 e. The normalized spacial score (nSPS) is 13.8. The van der Waals surface area contributed by atoms with Crippen LogP contribution in [0.4, 0.5) is 0 Å². The molecule has 0 N–H and O–H groups in total. The highest BCUT2D eigenvalue weighted by molar-refractivity contribution is 6.05. The molecule has 2 heteroatoms. The second-order valence-electron chi connectivity index (χ2n) is 2.17. The van der Waals surface area contributed by atoms with E-state index in [1.54, 1.807) is 12.3 Å². The lowest BCUT2D eigenvalue weighted by atomic mass is 10.3. The first-order chi connectivity index (χ1) is 4.88. The number of rotatable bonds is 0. The van der Waals surface area contributed by atoms with Gasteiger partial charge in [-0.15, -0.1) is 0 Å². The molecule has 0 aromatic carbocycles. The summed E-state index contributed by atoms with van der Waals surface area (Å²) in [5.41, 5.74) is 0.738. The van der Waals surface area contributed by atoms with Gasteiger partial charge in [0.05, 0.1) is 6.08 Å². The molecule has 1 aromatic rings. The maximum absolute atomic E-state index is 11.0. The number of ketones is 1. The Morgan fingerprint density at radius 3 is 3.00 bits per heavy atom. The van der Waals surface area contributed by atoms with Crippen molar-refractivity contribution in [3.8, 4) is 0 Å². The van der Waals surface area contributed by atoms with E-state index in [9.17, 15) is 4.79 Å². The zero-order valence-electron chi connectivity index (χ0n) is 5.32. The molecule has 2 rings (SSSR count). The molecule has 1 aromatic heterocycles. The molecule has 10 heavy (non-hydrogen) atoms. The second-order valence-corrected chi connectivity index (χ2v) is 2.17. The molecule has 2 nitrogen and oxygen atoms in total. The van der Waals surface area contributed by atoms with Crippen molar-refractivity contribution in [2.45, 2.75) is 0 Å². The van der Waals surface area contributed by atoms with Crippen molar-refractivity contribution in [3.63, 3.8) is 0 Å². The van der Waals surface area contributed by atoms with Crippen LogP contribution in [0.25, 0.3) is 6.20 Å². The summed E-state index contributed by atoms with van der Waals surface area (Å²) in [6.45, 7) is 0. The summed E-state index contributed by atoms with van der Waals surface area (Å²) in [6.07, 6.45) is 5.18. The van der Waals surface area contributed by atoms with Gasteiger partial charge < -0.3 is 0 Å². The zero-order chi connectivity index (χ0) is 6.97. The minimum absolute atomic E-state index is 0.0839. The fraction of sp³-hybridized carbons (Fsp3) is 0. The van der Waals surface area contributed by atoms with Crippen LogP contribution in [0, 0.1) is 0 Å². The second kappa shape index (κ2) is 1.77. The van der Waals surface area contributed by atoms with Gasteiger partial charge in [0.1, 0.15) is 0 Å². The summed E-state index contributed by atoms with van der Waals surface area (Å²) in [7, 11) is 0. The van der Waals surface area contributed by atoms with Crippen molar-refractivity contribution in [2.24, 2.45) is 0 Å². The molecular weight excluding hydrogens is 126 g/mol. The largest absolute Gasteiger partial charge is 0.282 e. The zero-order valence-corrected chi connectivity index (χ0v) is 5.32. The maximum atomic E-state index is 11.0. The lowest BCUT2D eigenvalue weighted by molar-refractivity contribution is -0.567. The molecule has 48 valence electrons. The summed E-state index contributed by atoms with van der Waals surface area (Å²) in [5.74, 6) is 0.0839. The van der Waals surface area contributed by atoms with Crippen LogP contribution in [0.5, 0.6) is 0 Å². The average Bonchev–Trinajstić information content (AvgIpc) is 2.34. The van der Waals surface area contributed by atoms with E-state index >= 15 is 0 Å². The van der Waals surface area contributed by atoms with Gasteiger partial charge in [-0.2, -0.15) is 4.57 Å². The van der Waals surface area contributed by atoms with E-state index in [1.807, 2.05) is 29.0 Å². The van der Waals surface area contributed by atoms with Crippen LogP contribution in [-0.4, -0.2) is 5.78 Å². The van der Waals surface area contributed by atoms with E-state index in [-0.39, 0.29) is 5.78 Å². The lowest BCUT2D eigenvalue weighted by Crippen LogP contribution is -2.28. The van der Waals surface area contributed by atoms with Gasteiger partial charge in [0.15, 0.2) is 12.4 Å². The molecule has 0 saturated carbocycles. The van der Waals surface area contributed by atoms with Gasteiger partial charge in [0.25, 0.3) is 11.5 Å². The Morgan fingerprint density at radius 1 is 1.30 bits per heavy atom. The Balaban J connectivity index is 2.70. The highest BCUT2D eigenvalue weighted by Crippen LogP contribution is 2.00. The number of hydrogen-bond donors (Lipinski definition) is 0. The van der Waals surface area contributed by atoms with Crippen LogP contribution in [0.1, 0.15) is 10.5 Å². The molecular formula is C8H6NO+. The molecule has 1 aliphatic rings. The highest BCUT2D eigenvalue weighted by Gasteiger charge is 2.20. The van der Waals surface area contributed by atoms with Crippen LogP contribution >= 0.6 is 0 Å². The molecule has 0 unspecified atom stereocenters. The van der Waals surface area contributed by atoms with Crippen LogP contribution < -0.4 is 4.57 Å². The number of hydrogen-bond acceptors (Lipinski definition) is 1. The summed E-state index contributed by atoms with van der Waals surface area (Å²) >= 11 is 0. The average molecular weight is 132 g/mol. The molecule has 0 fully saturated rings. The van der Waals surface area contributed by atoms with E-state index in [1.165, 1.54) is 0 Å². The van der Waals surface area contributed by atoms with Crippen molar-refractivity contribution in [3.05, 3.63) is 36.2 Å². The molecule has 0 spiro atoms. The highest BCUT2D eigenvalue weighted by atomic mass is 16.1. The first-order valence-corrected chi connectivity index (χ1v) is 3.10. The Bertz CT molecular complexity index is 315. The van der Waals surface area contributed by atoms with Crippen molar-refractivity contribution in [1.29, 1.82) is 0 Å². The number of aromatic nitrogens is 1. The van der Waals surface area contributed by atoms with E-state index in [0.29, 0.717) is 0 Å². The summed E-state index contributed by atoms with van der Waals surface area (Å²) < 4.78 is 1.81. The van der Waals surface area contributed by atoms with Gasteiger partial charge in [0, 0.05) is 12.1 Å². The van der Waals surface area contributed by atoms with Crippen molar-refractivity contribution < 1.29 is 9.36 Å². The fourth-order valence-electron chi connectivity index (χ4n) is 1.03. The fourth-order valence-corrected chi connectivity index (χ4v) is 1.03. The third kappa shape index (κ3) is 0.589. The number of carbonyl (C=O) groups excluding carboxylic acids is 1. The van der Waals surface area contributed by atoms with Gasteiger partial charge in [0.2, 0.25) is 0 Å². The standard InChI is InChI=1S/C8H6NO/c10-8-4-6-9-5-2-1-3-7(8)9/h1-6H/q+1. The molecule has 0 atom stereocenters. The van der Waals surface area contributed by atoms with E-state index in [4.69, 9.17) is 0 Å². The number of nitrogens with zero attached hydrogens (tertiary/aromatic N) is 1. The van der Waals surface area contributed by atoms with Gasteiger partial charge in [-0.05, 0) is 6.07 Å². The quantitative estimate of drug-likeness (QED) is 0.474. The Hall–Kier alpha value is -1.44. The topological polar surface area (TPSA) is 20.9 Å². The van der Waals surface area contributed by atoms with Crippen molar-refractivity contribution in [2.75, 3.05) is 0 Å². The number of carbonyl (C=O) groups is 1. The Labute approximate surface area is 58.4 Å². The molecule has 0 amide bonds. The predicted molar refractivity (Wildman–Crippen MR) is 36.3 cm³/mol. The molecule has 1 aliphatic heterocycles. The monoisotopic (exact) mass is 132 g/mol. The molecule has 2 heterocycles. The Kier molecular flexibility index (Phi) is 0.947. The minimum atomic E-state index is 0.0839. The first-order valence-electron chi connectivity index (χ1n) is 3.10. The van der Waals surface area contributed by atoms with Gasteiger partial charge in [-0.3, -0.25) is 4.79 Å². The third-order valence-corrected chi connectivity index (χ3v) is 1.53. The van der Waals surface area contributed by atoms with Crippen molar-refractivity contribution in [1.82, 2.24) is 0 Å². The third-order valence-electron chi connectivity index (χ3n) is 1.53. The minimum Gasteiger partial charge on any atom is -0.282 e. The van der Waals surface area contributed by atoms with E-state index in [2.05, 4.69) is 0 Å². The maximum Gasteiger partial charge on any atom is 0.258 e. The summed E-state index contributed by atoms with van der Waals surface area (Å²) in [4.78, 5) is 11.0. The molecule has 0 aliphatic carbocycles. The molecule has 0 saturated heterocycles. The first kappa shape index (κ1) is 5.35. The van der Waals surface area contributed by atoms with Crippen LogP contribution in [0.2, 0.25) is 0 Å². The number of allylic oxidation sites excluding steroid dienone is 1. The van der Waals surface area contributed by atoms with Gasteiger partial charge in [-0.25, -0.2) is 0 Å². The Morgan fingerprint density at radius 2 is 2.20 bits per heavy atom. The van der Waals surface area contributed by atoms with Crippen LogP contribution in [0.15, 0.2) is 30.5 Å². The van der Waals surface area contributed by atoms with Crippen LogP contribution in [0.3, 0.4) is 0 Å². The lowest BCUT2D eigenvalue weighted by Gasteiger charge is -1.84.